The lowest BCUT2D eigenvalue weighted by Gasteiger charge is -2.18. The van der Waals surface area contributed by atoms with Crippen LogP contribution < -0.4 is 10.6 Å². The number of carbonyl (C=O) groups is 2. The highest BCUT2D eigenvalue weighted by molar-refractivity contribution is 6.35. The van der Waals surface area contributed by atoms with Crippen LogP contribution in [0.25, 0.3) is 5.57 Å². The number of carbonyl (C=O) groups excluding carboxylic acids is 1. The molecular weight excluding hydrogens is 334 g/mol. The minimum atomic E-state index is -1.17. The molecule has 4 N–H and O–H groups in total. The van der Waals surface area contributed by atoms with Crippen molar-refractivity contribution >= 4 is 29.1 Å². The van der Waals surface area contributed by atoms with Crippen molar-refractivity contribution in [2.75, 3.05) is 19.6 Å². The zero-order valence-electron chi connectivity index (χ0n) is 13.3. The van der Waals surface area contributed by atoms with Gasteiger partial charge in [0, 0.05) is 32.6 Å². The van der Waals surface area contributed by atoms with Gasteiger partial charge in [-0.05, 0) is 24.1 Å². The summed E-state index contributed by atoms with van der Waals surface area (Å²) in [4.78, 5) is 26.8. The molecule has 0 fully saturated rings. The van der Waals surface area contributed by atoms with Crippen LogP contribution in [-0.2, 0) is 11.2 Å². The van der Waals surface area contributed by atoms with Crippen molar-refractivity contribution in [2.45, 2.75) is 25.9 Å². The molecular formula is C16H20ClN3O4. The third-order valence-electron chi connectivity index (χ3n) is 3.72. The summed E-state index contributed by atoms with van der Waals surface area (Å²) in [5.74, 6) is -1.43. The molecule has 1 amide bonds. The van der Waals surface area contributed by atoms with Crippen molar-refractivity contribution in [3.63, 3.8) is 0 Å². The van der Waals surface area contributed by atoms with E-state index in [9.17, 15) is 19.8 Å². The van der Waals surface area contributed by atoms with Crippen molar-refractivity contribution in [1.29, 1.82) is 0 Å². The number of rotatable bonds is 6. The molecule has 2 heterocycles. The summed E-state index contributed by atoms with van der Waals surface area (Å²) in [5.41, 5.74) is 1.66. The largest absolute Gasteiger partial charge is 0.478 e. The van der Waals surface area contributed by atoms with Crippen LogP contribution in [0.1, 0.15) is 35.0 Å². The van der Waals surface area contributed by atoms with E-state index in [1.165, 1.54) is 13.1 Å². The molecule has 1 aliphatic rings. The molecule has 1 atom stereocenters. The van der Waals surface area contributed by atoms with E-state index < -0.39 is 12.1 Å². The van der Waals surface area contributed by atoms with Gasteiger partial charge in [0.1, 0.15) is 0 Å². The molecule has 7 nitrogen and oxygen atoms in total. The second-order valence-corrected chi connectivity index (χ2v) is 5.98. The van der Waals surface area contributed by atoms with Crippen molar-refractivity contribution in [1.82, 2.24) is 15.6 Å². The van der Waals surface area contributed by atoms with Gasteiger partial charge in [0.25, 0.3) is 0 Å². The number of halogens is 1. The van der Waals surface area contributed by atoms with Crippen molar-refractivity contribution in [2.24, 2.45) is 0 Å². The molecule has 1 aromatic heterocycles. The highest BCUT2D eigenvalue weighted by Crippen LogP contribution is 2.30. The first kappa shape index (κ1) is 18.4. The molecule has 130 valence electrons. The number of hydrogen-bond acceptors (Lipinski definition) is 5. The quantitative estimate of drug-likeness (QED) is 0.603. The van der Waals surface area contributed by atoms with Gasteiger partial charge in [-0.1, -0.05) is 17.7 Å². The second-order valence-electron chi connectivity index (χ2n) is 5.60. The fourth-order valence-electron chi connectivity index (χ4n) is 2.56. The van der Waals surface area contributed by atoms with Gasteiger partial charge in [0.2, 0.25) is 5.91 Å². The van der Waals surface area contributed by atoms with Crippen LogP contribution in [0.4, 0.5) is 0 Å². The number of nitrogens with one attached hydrogen (secondary N) is 2. The average molecular weight is 354 g/mol. The van der Waals surface area contributed by atoms with Gasteiger partial charge >= 0.3 is 5.97 Å². The van der Waals surface area contributed by atoms with Crippen LogP contribution >= 0.6 is 11.6 Å². The van der Waals surface area contributed by atoms with E-state index in [1.807, 2.05) is 6.08 Å². The predicted molar refractivity (Wildman–Crippen MR) is 90.1 cm³/mol. The van der Waals surface area contributed by atoms with E-state index >= 15 is 0 Å². The number of aromatic carboxylic acids is 1. The first-order chi connectivity index (χ1) is 11.4. The van der Waals surface area contributed by atoms with Gasteiger partial charge < -0.3 is 20.8 Å². The molecule has 0 spiro atoms. The van der Waals surface area contributed by atoms with Gasteiger partial charge in [-0.15, -0.1) is 0 Å². The Morgan fingerprint density at radius 3 is 2.83 bits per heavy atom. The maximum absolute atomic E-state index is 11.6. The lowest BCUT2D eigenvalue weighted by molar-refractivity contribution is -0.119. The number of aliphatic hydroxyl groups excluding tert-OH is 1. The molecule has 0 aromatic carbocycles. The Morgan fingerprint density at radius 1 is 1.50 bits per heavy atom. The van der Waals surface area contributed by atoms with E-state index in [4.69, 9.17) is 11.6 Å². The first-order valence-electron chi connectivity index (χ1n) is 7.63. The number of aliphatic hydroxyl groups is 1. The molecule has 24 heavy (non-hydrogen) atoms. The highest BCUT2D eigenvalue weighted by Gasteiger charge is 2.23. The van der Waals surface area contributed by atoms with Crippen LogP contribution in [0.15, 0.2) is 12.3 Å². The Bertz CT molecular complexity index is 676. The number of carboxylic acid groups (broad SMARTS) is 1. The van der Waals surface area contributed by atoms with E-state index in [0.717, 1.165) is 18.5 Å². The maximum atomic E-state index is 11.6. The number of amides is 1. The van der Waals surface area contributed by atoms with Gasteiger partial charge in [0.15, 0.2) is 0 Å². The van der Waals surface area contributed by atoms with Crippen molar-refractivity contribution in [3.8, 4) is 0 Å². The summed E-state index contributed by atoms with van der Waals surface area (Å²) in [6.07, 6.45) is 3.21. The van der Waals surface area contributed by atoms with Crippen LogP contribution in [0.5, 0.6) is 0 Å². The molecule has 0 radical (unpaired) electrons. The fraction of sp³-hybridized carbons (Fsp3) is 0.438. The fourth-order valence-corrected chi connectivity index (χ4v) is 2.93. The molecule has 0 bridgehead atoms. The number of nitrogens with zero attached hydrogens (tertiary/aromatic N) is 1. The molecule has 1 aliphatic heterocycles. The van der Waals surface area contributed by atoms with Crippen LogP contribution in [0.3, 0.4) is 0 Å². The van der Waals surface area contributed by atoms with Gasteiger partial charge in [0.05, 0.1) is 22.4 Å². The minimum Gasteiger partial charge on any atom is -0.478 e. The van der Waals surface area contributed by atoms with Gasteiger partial charge in [-0.3, -0.25) is 9.78 Å². The van der Waals surface area contributed by atoms with E-state index in [-0.39, 0.29) is 29.5 Å². The Hall–Kier alpha value is -1.96. The Kier molecular flexibility index (Phi) is 6.30. The maximum Gasteiger partial charge on any atom is 0.337 e. The minimum absolute atomic E-state index is 0.0323. The summed E-state index contributed by atoms with van der Waals surface area (Å²) in [7, 11) is 0. The molecule has 2 rings (SSSR count). The van der Waals surface area contributed by atoms with Crippen molar-refractivity contribution < 1.29 is 19.8 Å². The van der Waals surface area contributed by atoms with Gasteiger partial charge in [-0.2, -0.15) is 0 Å². The Balaban J connectivity index is 2.29. The molecule has 8 heteroatoms. The van der Waals surface area contributed by atoms with Gasteiger partial charge in [-0.25, -0.2) is 4.79 Å². The predicted octanol–water partition coefficient (Wildman–Crippen LogP) is 0.849. The normalized spacial score (nSPS) is 15.5. The highest BCUT2D eigenvalue weighted by atomic mass is 35.5. The zero-order chi connectivity index (χ0) is 17.7. The molecule has 0 saturated carbocycles. The van der Waals surface area contributed by atoms with Crippen LogP contribution in [0.2, 0.25) is 5.02 Å². The molecule has 0 unspecified atom stereocenters. The summed E-state index contributed by atoms with van der Waals surface area (Å²) in [6, 6.07) is 0. The smallest absolute Gasteiger partial charge is 0.337 e. The third-order valence-corrected chi connectivity index (χ3v) is 4.09. The summed E-state index contributed by atoms with van der Waals surface area (Å²) < 4.78 is 0. The monoisotopic (exact) mass is 353 g/mol. The third kappa shape index (κ3) is 4.53. The Labute approximate surface area is 144 Å². The SMILES string of the molecule is CC(=O)NC[C@H](O)Cc1cnc(C2=CCNCC2)c(Cl)c1C(=O)O. The second kappa shape index (κ2) is 8.23. The molecule has 0 aliphatic carbocycles. The number of hydrogen-bond donors (Lipinski definition) is 4. The topological polar surface area (TPSA) is 112 Å². The lowest BCUT2D eigenvalue weighted by Crippen LogP contribution is -2.32. The zero-order valence-corrected chi connectivity index (χ0v) is 14.1. The summed E-state index contributed by atoms with van der Waals surface area (Å²) in [5, 5.41) is 25.2. The number of pyridine rings is 1. The van der Waals surface area contributed by atoms with E-state index in [1.54, 1.807) is 0 Å². The van der Waals surface area contributed by atoms with E-state index in [2.05, 4.69) is 15.6 Å². The lowest BCUT2D eigenvalue weighted by atomic mass is 9.98. The Morgan fingerprint density at radius 2 is 2.25 bits per heavy atom. The average Bonchev–Trinajstić information content (AvgIpc) is 2.53. The number of carboxylic acids is 1. The van der Waals surface area contributed by atoms with Crippen LogP contribution in [-0.4, -0.2) is 52.8 Å². The van der Waals surface area contributed by atoms with Crippen LogP contribution in [0, 0.1) is 0 Å². The molecule has 1 aromatic rings. The van der Waals surface area contributed by atoms with Crippen molar-refractivity contribution in [3.05, 3.63) is 34.1 Å². The first-order valence-corrected chi connectivity index (χ1v) is 8.01. The summed E-state index contributed by atoms with van der Waals surface area (Å²) >= 11 is 6.30. The standard InChI is InChI=1S/C16H20ClN3O4/c1-9(21)19-8-12(22)6-11-7-20-15(10-2-4-18-5-3-10)14(17)13(11)16(23)24/h2,7,12,18,22H,3-6,8H2,1H3,(H,19,21)(H,23,24)/t12-/m1/s1. The van der Waals surface area contributed by atoms with E-state index in [0.29, 0.717) is 17.8 Å². The molecule has 0 saturated heterocycles. The number of aromatic nitrogens is 1. The summed E-state index contributed by atoms with van der Waals surface area (Å²) in [6.45, 7) is 2.84.